The molecule has 2 heteroatoms. The van der Waals surface area contributed by atoms with Gasteiger partial charge in [0.1, 0.15) is 0 Å². The van der Waals surface area contributed by atoms with Crippen molar-refractivity contribution in [1.82, 2.24) is 0 Å². The molecule has 2 nitrogen and oxygen atoms in total. The lowest BCUT2D eigenvalue weighted by Gasteiger charge is -2.07. The van der Waals surface area contributed by atoms with Gasteiger partial charge in [-0.05, 0) is 13.0 Å². The van der Waals surface area contributed by atoms with Crippen LogP contribution < -0.4 is 0 Å². The van der Waals surface area contributed by atoms with E-state index in [-0.39, 0.29) is 0 Å². The third-order valence-corrected chi connectivity index (χ3v) is 3.23. The predicted octanol–water partition coefficient (Wildman–Crippen LogP) is 5.20. The summed E-state index contributed by atoms with van der Waals surface area (Å²) in [6, 6.07) is 20.3. The van der Waals surface area contributed by atoms with E-state index in [2.05, 4.69) is 42.4 Å². The lowest BCUT2D eigenvalue weighted by molar-refractivity contribution is 1.38. The van der Waals surface area contributed by atoms with Crippen LogP contribution in [0.25, 0.3) is 0 Å². The number of aliphatic imine (C=N–C) groups is 2. The minimum atomic E-state index is 0.612. The first-order chi connectivity index (χ1) is 11.2. The molecule has 0 bridgehead atoms. The molecule has 0 aliphatic heterocycles. The molecule has 114 valence electrons. The zero-order valence-electron chi connectivity index (χ0n) is 13.3. The Hall–Kier alpha value is -3.00. The third kappa shape index (κ3) is 4.75. The molecule has 0 amide bonds. The van der Waals surface area contributed by atoms with Gasteiger partial charge in [0.15, 0.2) is 0 Å². The van der Waals surface area contributed by atoms with Crippen LogP contribution in [0.1, 0.15) is 18.1 Å². The summed E-state index contributed by atoms with van der Waals surface area (Å²) in [5, 5.41) is 0. The molecule has 0 radical (unpaired) electrons. The largest absolute Gasteiger partial charge is 0.255 e. The Morgan fingerprint density at radius 1 is 0.913 bits per heavy atom. The van der Waals surface area contributed by atoms with Crippen LogP contribution >= 0.6 is 0 Å². The highest BCUT2D eigenvalue weighted by molar-refractivity contribution is 6.14. The van der Waals surface area contributed by atoms with Crippen molar-refractivity contribution in [2.45, 2.75) is 6.92 Å². The van der Waals surface area contributed by atoms with Gasteiger partial charge in [-0.1, -0.05) is 79.9 Å². The predicted molar refractivity (Wildman–Crippen MR) is 100 cm³/mol. The van der Waals surface area contributed by atoms with Gasteiger partial charge in [0.25, 0.3) is 0 Å². The molecule has 2 aromatic rings. The van der Waals surface area contributed by atoms with Crippen LogP contribution in [0.3, 0.4) is 0 Å². The highest BCUT2D eigenvalue weighted by Gasteiger charge is 2.06. The van der Waals surface area contributed by atoms with Gasteiger partial charge >= 0.3 is 0 Å². The number of nitrogens with zero attached hydrogens (tertiary/aromatic N) is 2. The van der Waals surface area contributed by atoms with Crippen molar-refractivity contribution in [3.8, 4) is 0 Å². The normalized spacial score (nSPS) is 11.3. The average molecular weight is 300 g/mol. The molecule has 0 aliphatic rings. The van der Waals surface area contributed by atoms with E-state index in [0.29, 0.717) is 5.70 Å². The second-order valence-electron chi connectivity index (χ2n) is 4.86. The lowest BCUT2D eigenvalue weighted by Crippen LogP contribution is -2.04. The molecule has 0 saturated heterocycles. The first-order valence-electron chi connectivity index (χ1n) is 7.46. The molecule has 2 aromatic carbocycles. The van der Waals surface area contributed by atoms with E-state index < -0.39 is 0 Å². The number of hydrogen-bond donors (Lipinski definition) is 0. The third-order valence-electron chi connectivity index (χ3n) is 3.23. The Balaban J connectivity index is 2.47. The molecule has 0 aromatic heterocycles. The quantitative estimate of drug-likeness (QED) is 0.517. The van der Waals surface area contributed by atoms with Gasteiger partial charge in [0, 0.05) is 11.1 Å². The highest BCUT2D eigenvalue weighted by Crippen LogP contribution is 2.13. The van der Waals surface area contributed by atoms with E-state index in [1.54, 1.807) is 12.3 Å². The molecule has 0 unspecified atom stereocenters. The SMILES string of the molecule is C=CC(=C)/N=C\C(=C/C)N=C(c1ccccc1)c1ccccc1. The number of rotatable bonds is 6. The summed E-state index contributed by atoms with van der Waals surface area (Å²) >= 11 is 0. The minimum absolute atomic E-state index is 0.612. The van der Waals surface area contributed by atoms with Gasteiger partial charge in [-0.3, -0.25) is 4.99 Å². The molecule has 0 atom stereocenters. The minimum Gasteiger partial charge on any atom is -0.255 e. The van der Waals surface area contributed by atoms with Crippen LogP contribution in [0.15, 0.2) is 107 Å². The van der Waals surface area contributed by atoms with E-state index in [9.17, 15) is 0 Å². The monoisotopic (exact) mass is 300 g/mol. The summed E-state index contributed by atoms with van der Waals surface area (Å²) in [6.45, 7) is 9.37. The van der Waals surface area contributed by atoms with Crippen molar-refractivity contribution < 1.29 is 0 Å². The van der Waals surface area contributed by atoms with Crippen molar-refractivity contribution in [1.29, 1.82) is 0 Å². The van der Waals surface area contributed by atoms with Crippen LogP contribution in [-0.2, 0) is 0 Å². The second kappa shape index (κ2) is 8.44. The zero-order chi connectivity index (χ0) is 16.5. The Labute approximate surface area is 137 Å². The van der Waals surface area contributed by atoms with Crippen LogP contribution in [-0.4, -0.2) is 11.9 Å². The van der Waals surface area contributed by atoms with E-state index in [4.69, 9.17) is 4.99 Å². The first-order valence-corrected chi connectivity index (χ1v) is 7.46. The van der Waals surface area contributed by atoms with Gasteiger partial charge < -0.3 is 0 Å². The Morgan fingerprint density at radius 3 is 1.87 bits per heavy atom. The molecule has 0 heterocycles. The molecule has 0 saturated carbocycles. The number of hydrogen-bond acceptors (Lipinski definition) is 2. The van der Waals surface area contributed by atoms with Crippen LogP contribution in [0.5, 0.6) is 0 Å². The highest BCUT2D eigenvalue weighted by atomic mass is 14.8. The summed E-state index contributed by atoms with van der Waals surface area (Å²) in [5.74, 6) is 0. The van der Waals surface area contributed by atoms with Gasteiger partial charge in [0.2, 0.25) is 0 Å². The standard InChI is InChI=1S/C21H20N2/c1-4-17(3)22-16-20(5-2)23-21(18-12-8-6-9-13-18)19-14-10-7-11-15-19/h4-16H,1,3H2,2H3/b20-5+,22-16-. The molecule has 2 rings (SSSR count). The summed E-state index contributed by atoms with van der Waals surface area (Å²) in [5.41, 5.74) is 4.43. The van der Waals surface area contributed by atoms with Crippen molar-refractivity contribution in [2.24, 2.45) is 9.98 Å². The van der Waals surface area contributed by atoms with Crippen LogP contribution in [0.2, 0.25) is 0 Å². The maximum absolute atomic E-state index is 4.79. The van der Waals surface area contributed by atoms with Crippen LogP contribution in [0.4, 0.5) is 0 Å². The number of benzene rings is 2. The van der Waals surface area contributed by atoms with E-state index in [1.165, 1.54) is 0 Å². The smallest absolute Gasteiger partial charge is 0.0782 e. The summed E-state index contributed by atoms with van der Waals surface area (Å²) < 4.78 is 0. The van der Waals surface area contributed by atoms with Crippen molar-refractivity contribution in [2.75, 3.05) is 0 Å². The van der Waals surface area contributed by atoms with Crippen LogP contribution in [0, 0.1) is 0 Å². The molecule has 0 spiro atoms. The zero-order valence-corrected chi connectivity index (χ0v) is 13.3. The maximum Gasteiger partial charge on any atom is 0.0782 e. The van der Waals surface area contributed by atoms with E-state index >= 15 is 0 Å². The van der Waals surface area contributed by atoms with Crippen molar-refractivity contribution in [3.63, 3.8) is 0 Å². The summed E-state index contributed by atoms with van der Waals surface area (Å²) in [7, 11) is 0. The molecule has 23 heavy (non-hydrogen) atoms. The fourth-order valence-corrected chi connectivity index (χ4v) is 1.99. The molecule has 0 N–H and O–H groups in total. The first kappa shape index (κ1) is 16.4. The van der Waals surface area contributed by atoms with E-state index in [1.807, 2.05) is 49.4 Å². The lowest BCUT2D eigenvalue weighted by atomic mass is 10.0. The Kier molecular flexibility index (Phi) is 6.01. The fourth-order valence-electron chi connectivity index (χ4n) is 1.99. The molecular formula is C21H20N2. The number of allylic oxidation sites excluding steroid dienone is 3. The van der Waals surface area contributed by atoms with E-state index in [0.717, 1.165) is 22.5 Å². The summed E-state index contributed by atoms with van der Waals surface area (Å²) in [6.07, 6.45) is 5.24. The van der Waals surface area contributed by atoms with Gasteiger partial charge in [-0.15, -0.1) is 0 Å². The summed E-state index contributed by atoms with van der Waals surface area (Å²) in [4.78, 5) is 9.04. The second-order valence-corrected chi connectivity index (χ2v) is 4.86. The Morgan fingerprint density at radius 2 is 1.43 bits per heavy atom. The molecular weight excluding hydrogens is 280 g/mol. The van der Waals surface area contributed by atoms with Crippen molar-refractivity contribution >= 4 is 11.9 Å². The van der Waals surface area contributed by atoms with Gasteiger partial charge in [-0.2, -0.15) is 0 Å². The topological polar surface area (TPSA) is 24.7 Å². The van der Waals surface area contributed by atoms with Crippen molar-refractivity contribution in [3.05, 3.63) is 108 Å². The molecule has 0 fully saturated rings. The maximum atomic E-state index is 4.79. The fraction of sp³-hybridized carbons (Fsp3) is 0.0476. The Bertz CT molecular complexity index is 709. The average Bonchev–Trinajstić information content (AvgIpc) is 2.63. The van der Waals surface area contributed by atoms with Gasteiger partial charge in [0.05, 0.1) is 23.3 Å². The molecule has 0 aliphatic carbocycles. The van der Waals surface area contributed by atoms with Gasteiger partial charge in [-0.25, -0.2) is 4.99 Å².